The zero-order valence-electron chi connectivity index (χ0n) is 16.2. The van der Waals surface area contributed by atoms with E-state index in [0.29, 0.717) is 18.0 Å². The number of anilines is 1. The van der Waals surface area contributed by atoms with Crippen LogP contribution in [0, 0.1) is 0 Å². The summed E-state index contributed by atoms with van der Waals surface area (Å²) in [5, 5.41) is 0. The third kappa shape index (κ3) is 4.06. The van der Waals surface area contributed by atoms with Crippen LogP contribution < -0.4 is 13.8 Å². The highest BCUT2D eigenvalue weighted by molar-refractivity contribution is 7.92. The molecule has 1 amide bonds. The summed E-state index contributed by atoms with van der Waals surface area (Å²) in [6, 6.07) is 14.3. The number of likely N-dealkylation sites (N-methyl/N-ethyl adjacent to an activating group) is 1. The fraction of sp³-hybridized carbons (Fsp3) is 0.350. The lowest BCUT2D eigenvalue weighted by Crippen LogP contribution is -2.51. The summed E-state index contributed by atoms with van der Waals surface area (Å²) in [6.07, 6.45) is -0.903. The van der Waals surface area contributed by atoms with E-state index in [0.717, 1.165) is 11.3 Å². The molecule has 1 aliphatic heterocycles. The largest absolute Gasteiger partial charge is 0.497 e. The summed E-state index contributed by atoms with van der Waals surface area (Å²) in [5.74, 6) is 0.804. The van der Waals surface area contributed by atoms with Crippen LogP contribution in [0.4, 0.5) is 5.69 Å². The minimum atomic E-state index is -3.52. The summed E-state index contributed by atoms with van der Waals surface area (Å²) < 4.78 is 37.3. The predicted octanol–water partition coefficient (Wildman–Crippen LogP) is 2.27. The van der Waals surface area contributed by atoms with Crippen LogP contribution in [0.5, 0.6) is 11.5 Å². The Kier molecular flexibility index (Phi) is 5.79. The lowest BCUT2D eigenvalue weighted by atomic mass is 10.1. The number of nitrogens with zero attached hydrogens (tertiary/aromatic N) is 2. The van der Waals surface area contributed by atoms with Crippen molar-refractivity contribution in [2.24, 2.45) is 0 Å². The zero-order chi connectivity index (χ0) is 20.3. The van der Waals surface area contributed by atoms with Gasteiger partial charge in [0, 0.05) is 13.6 Å². The standard InChI is InChI=1S/C20H24N2O5S/c1-4-28(24,25)22-14-19(27-18-8-6-5-7-17(18)22)20(23)21(2)13-15-9-11-16(26-3)12-10-15/h5-12,19H,4,13-14H2,1-3H3. The van der Waals surface area contributed by atoms with E-state index in [9.17, 15) is 13.2 Å². The van der Waals surface area contributed by atoms with Crippen LogP contribution in [0.1, 0.15) is 12.5 Å². The van der Waals surface area contributed by atoms with Gasteiger partial charge in [-0.05, 0) is 36.8 Å². The number of fused-ring (bicyclic) bond motifs is 1. The van der Waals surface area contributed by atoms with Crippen molar-refractivity contribution >= 4 is 21.6 Å². The molecule has 0 spiro atoms. The van der Waals surface area contributed by atoms with Crippen LogP contribution in [0.2, 0.25) is 0 Å². The average molecular weight is 404 g/mol. The van der Waals surface area contributed by atoms with E-state index in [-0.39, 0.29) is 18.2 Å². The summed E-state index contributed by atoms with van der Waals surface area (Å²) in [6.45, 7) is 1.92. The van der Waals surface area contributed by atoms with Crippen molar-refractivity contribution < 1.29 is 22.7 Å². The number of ether oxygens (including phenoxy) is 2. The summed E-state index contributed by atoms with van der Waals surface area (Å²) in [5.41, 5.74) is 1.40. The van der Waals surface area contributed by atoms with Gasteiger partial charge in [0.05, 0.1) is 25.1 Å². The topological polar surface area (TPSA) is 76.2 Å². The van der Waals surface area contributed by atoms with Gasteiger partial charge in [-0.25, -0.2) is 8.42 Å². The Hall–Kier alpha value is -2.74. The Labute approximate surface area is 165 Å². The molecule has 0 bridgehead atoms. The van der Waals surface area contributed by atoms with Gasteiger partial charge in [-0.3, -0.25) is 9.10 Å². The first-order valence-corrected chi connectivity index (χ1v) is 10.6. The molecule has 0 saturated carbocycles. The van der Waals surface area contributed by atoms with E-state index in [1.165, 1.54) is 9.21 Å². The quantitative estimate of drug-likeness (QED) is 0.738. The minimum absolute atomic E-state index is 0.0427. The number of carbonyl (C=O) groups is 1. The minimum Gasteiger partial charge on any atom is -0.497 e. The summed E-state index contributed by atoms with van der Waals surface area (Å²) in [7, 11) is -0.253. The molecule has 2 aromatic rings. The Balaban J connectivity index is 1.79. The molecule has 0 N–H and O–H groups in total. The number of rotatable bonds is 6. The van der Waals surface area contributed by atoms with Crippen molar-refractivity contribution in [1.29, 1.82) is 0 Å². The molecule has 8 heteroatoms. The number of sulfonamides is 1. The van der Waals surface area contributed by atoms with Crippen molar-refractivity contribution in [3.63, 3.8) is 0 Å². The van der Waals surface area contributed by atoms with Crippen LogP contribution >= 0.6 is 0 Å². The van der Waals surface area contributed by atoms with Crippen molar-refractivity contribution in [3.05, 3.63) is 54.1 Å². The molecule has 0 aromatic heterocycles. The molecule has 1 atom stereocenters. The molecule has 0 fully saturated rings. The van der Waals surface area contributed by atoms with Crippen LogP contribution in [-0.2, 0) is 21.4 Å². The first-order chi connectivity index (χ1) is 13.4. The van der Waals surface area contributed by atoms with E-state index >= 15 is 0 Å². The lowest BCUT2D eigenvalue weighted by Gasteiger charge is -2.36. The monoisotopic (exact) mass is 404 g/mol. The summed E-state index contributed by atoms with van der Waals surface area (Å²) >= 11 is 0. The molecule has 2 aromatic carbocycles. The smallest absolute Gasteiger partial charge is 0.265 e. The third-order valence-corrected chi connectivity index (χ3v) is 6.41. The predicted molar refractivity (Wildman–Crippen MR) is 107 cm³/mol. The highest BCUT2D eigenvalue weighted by atomic mass is 32.2. The molecule has 150 valence electrons. The van der Waals surface area contributed by atoms with Crippen LogP contribution in [0.25, 0.3) is 0 Å². The number of hydrogen-bond acceptors (Lipinski definition) is 5. The molecule has 0 radical (unpaired) electrons. The number of benzene rings is 2. The fourth-order valence-electron chi connectivity index (χ4n) is 3.08. The first kappa shape index (κ1) is 20.0. The van der Waals surface area contributed by atoms with Gasteiger partial charge < -0.3 is 14.4 Å². The highest BCUT2D eigenvalue weighted by Crippen LogP contribution is 2.35. The molecule has 1 aliphatic rings. The maximum absolute atomic E-state index is 13.0. The van der Waals surface area contributed by atoms with Gasteiger partial charge in [-0.2, -0.15) is 0 Å². The molecule has 1 heterocycles. The van der Waals surface area contributed by atoms with E-state index in [2.05, 4.69) is 0 Å². The van der Waals surface area contributed by atoms with Gasteiger partial charge in [-0.1, -0.05) is 24.3 Å². The second-order valence-electron chi connectivity index (χ2n) is 6.55. The van der Waals surface area contributed by atoms with Gasteiger partial charge in [-0.15, -0.1) is 0 Å². The van der Waals surface area contributed by atoms with Gasteiger partial charge >= 0.3 is 0 Å². The van der Waals surface area contributed by atoms with Gasteiger partial charge in [0.25, 0.3) is 5.91 Å². The Bertz CT molecular complexity index is 943. The number of methoxy groups -OCH3 is 1. The normalized spacial score (nSPS) is 16.1. The lowest BCUT2D eigenvalue weighted by molar-refractivity contribution is -0.137. The van der Waals surface area contributed by atoms with Crippen molar-refractivity contribution in [2.45, 2.75) is 19.6 Å². The van der Waals surface area contributed by atoms with Gasteiger partial charge in [0.2, 0.25) is 10.0 Å². The van der Waals surface area contributed by atoms with E-state index in [4.69, 9.17) is 9.47 Å². The van der Waals surface area contributed by atoms with E-state index < -0.39 is 16.1 Å². The molecule has 28 heavy (non-hydrogen) atoms. The molecular weight excluding hydrogens is 380 g/mol. The van der Waals surface area contributed by atoms with E-state index in [1.54, 1.807) is 45.3 Å². The van der Waals surface area contributed by atoms with Gasteiger partial charge in [0.15, 0.2) is 6.10 Å². The Morgan fingerprint density at radius 1 is 1.21 bits per heavy atom. The molecular formula is C20H24N2O5S. The maximum Gasteiger partial charge on any atom is 0.265 e. The number of para-hydroxylation sites is 2. The fourth-order valence-corrected chi connectivity index (χ4v) is 4.20. The maximum atomic E-state index is 13.0. The highest BCUT2D eigenvalue weighted by Gasteiger charge is 2.37. The number of amides is 1. The zero-order valence-corrected chi connectivity index (χ0v) is 17.0. The molecule has 1 unspecified atom stereocenters. The van der Waals surface area contributed by atoms with Crippen molar-refractivity contribution in [3.8, 4) is 11.5 Å². The van der Waals surface area contributed by atoms with Crippen LogP contribution in [0.15, 0.2) is 48.5 Å². The molecule has 7 nitrogen and oxygen atoms in total. The number of carbonyl (C=O) groups excluding carboxylic acids is 1. The van der Waals surface area contributed by atoms with Crippen molar-refractivity contribution in [1.82, 2.24) is 4.90 Å². The second kappa shape index (κ2) is 8.10. The second-order valence-corrected chi connectivity index (χ2v) is 8.73. The average Bonchev–Trinajstić information content (AvgIpc) is 2.72. The SMILES string of the molecule is CCS(=O)(=O)N1CC(C(=O)N(C)Cc2ccc(OC)cc2)Oc2ccccc21. The first-order valence-electron chi connectivity index (χ1n) is 8.99. The number of hydrogen-bond donors (Lipinski definition) is 0. The van der Waals surface area contributed by atoms with Crippen LogP contribution in [0.3, 0.4) is 0 Å². The van der Waals surface area contributed by atoms with Crippen LogP contribution in [-0.4, -0.2) is 51.8 Å². The molecule has 3 rings (SSSR count). The molecule has 0 aliphatic carbocycles. The Morgan fingerprint density at radius 3 is 2.54 bits per heavy atom. The van der Waals surface area contributed by atoms with Gasteiger partial charge in [0.1, 0.15) is 11.5 Å². The molecule has 0 saturated heterocycles. The van der Waals surface area contributed by atoms with E-state index in [1.807, 2.05) is 24.3 Å². The third-order valence-electron chi connectivity index (χ3n) is 4.67. The Morgan fingerprint density at radius 2 is 1.89 bits per heavy atom. The summed E-state index contributed by atoms with van der Waals surface area (Å²) in [4.78, 5) is 14.5. The van der Waals surface area contributed by atoms with Crippen molar-refractivity contribution in [2.75, 3.05) is 30.8 Å².